The molecule has 0 spiro atoms. The summed E-state index contributed by atoms with van der Waals surface area (Å²) < 4.78 is 5.38. The number of benzene rings is 2. The van der Waals surface area contributed by atoms with E-state index in [1.54, 1.807) is 7.11 Å². The van der Waals surface area contributed by atoms with Gasteiger partial charge in [0.05, 0.1) is 18.5 Å². The molecule has 1 aromatic heterocycles. The lowest BCUT2D eigenvalue weighted by Crippen LogP contribution is -2.31. The zero-order valence-electron chi connectivity index (χ0n) is 14.9. The lowest BCUT2D eigenvalue weighted by atomic mass is 10.1. The molecule has 1 N–H and O–H groups in total. The second-order valence-electron chi connectivity index (χ2n) is 6.44. The van der Waals surface area contributed by atoms with Gasteiger partial charge < -0.3 is 10.1 Å². The number of para-hydroxylation sites is 2. The van der Waals surface area contributed by atoms with Gasteiger partial charge in [-0.15, -0.1) is 0 Å². The van der Waals surface area contributed by atoms with Crippen LogP contribution in [0.1, 0.15) is 16.8 Å². The van der Waals surface area contributed by atoms with E-state index in [1.807, 2.05) is 30.5 Å². The normalized spacial score (nSPS) is 13.9. The molecular formula is C21H22N4O. The van der Waals surface area contributed by atoms with Gasteiger partial charge in [0.1, 0.15) is 5.75 Å². The van der Waals surface area contributed by atoms with E-state index >= 15 is 0 Å². The largest absolute Gasteiger partial charge is 0.495 e. The SMILES string of the molecule is COc1ccccc1Nc1ncc2c(n1)CCN(Cc1ccccc1)C2. The van der Waals surface area contributed by atoms with E-state index < -0.39 is 0 Å². The van der Waals surface area contributed by atoms with Crippen molar-refractivity contribution in [2.75, 3.05) is 19.0 Å². The Kier molecular flexibility index (Phi) is 4.80. The Morgan fingerprint density at radius 2 is 1.88 bits per heavy atom. The van der Waals surface area contributed by atoms with E-state index in [-0.39, 0.29) is 0 Å². The minimum atomic E-state index is 0.616. The van der Waals surface area contributed by atoms with E-state index in [9.17, 15) is 0 Å². The fraction of sp³-hybridized carbons (Fsp3) is 0.238. The number of hydrogen-bond donors (Lipinski definition) is 1. The number of methoxy groups -OCH3 is 1. The smallest absolute Gasteiger partial charge is 0.227 e. The van der Waals surface area contributed by atoms with Crippen LogP contribution in [0.5, 0.6) is 5.75 Å². The number of hydrogen-bond acceptors (Lipinski definition) is 5. The minimum absolute atomic E-state index is 0.616. The quantitative estimate of drug-likeness (QED) is 0.762. The van der Waals surface area contributed by atoms with Crippen molar-refractivity contribution in [3.05, 3.63) is 77.6 Å². The number of ether oxygens (including phenoxy) is 1. The van der Waals surface area contributed by atoms with Crippen LogP contribution < -0.4 is 10.1 Å². The van der Waals surface area contributed by atoms with Gasteiger partial charge in [0.25, 0.3) is 0 Å². The van der Waals surface area contributed by atoms with Gasteiger partial charge in [-0.05, 0) is 17.7 Å². The van der Waals surface area contributed by atoms with Crippen LogP contribution in [0.15, 0.2) is 60.8 Å². The molecule has 2 aromatic carbocycles. The summed E-state index contributed by atoms with van der Waals surface area (Å²) in [7, 11) is 1.66. The highest BCUT2D eigenvalue weighted by molar-refractivity contribution is 5.62. The van der Waals surface area contributed by atoms with E-state index in [2.05, 4.69) is 45.5 Å². The lowest BCUT2D eigenvalue weighted by Gasteiger charge is -2.28. The Morgan fingerprint density at radius 3 is 2.73 bits per heavy atom. The Labute approximate surface area is 153 Å². The van der Waals surface area contributed by atoms with Crippen molar-refractivity contribution in [3.8, 4) is 5.75 Å². The summed E-state index contributed by atoms with van der Waals surface area (Å²) in [6.45, 7) is 2.85. The van der Waals surface area contributed by atoms with Crippen LogP contribution >= 0.6 is 0 Å². The van der Waals surface area contributed by atoms with E-state index in [0.29, 0.717) is 5.95 Å². The molecule has 0 atom stereocenters. The van der Waals surface area contributed by atoms with Crippen LogP contribution in [0.2, 0.25) is 0 Å². The monoisotopic (exact) mass is 346 g/mol. The first-order valence-corrected chi connectivity index (χ1v) is 8.83. The summed E-state index contributed by atoms with van der Waals surface area (Å²) in [5.41, 5.74) is 4.54. The van der Waals surface area contributed by atoms with Gasteiger partial charge in [-0.25, -0.2) is 9.97 Å². The molecule has 0 fully saturated rings. The first-order valence-electron chi connectivity index (χ1n) is 8.83. The third kappa shape index (κ3) is 3.68. The maximum atomic E-state index is 5.38. The van der Waals surface area contributed by atoms with Gasteiger partial charge in [-0.2, -0.15) is 0 Å². The van der Waals surface area contributed by atoms with Gasteiger partial charge >= 0.3 is 0 Å². The van der Waals surface area contributed by atoms with Crippen molar-refractivity contribution in [2.24, 2.45) is 0 Å². The predicted octanol–water partition coefficient (Wildman–Crippen LogP) is 3.79. The maximum Gasteiger partial charge on any atom is 0.227 e. The van der Waals surface area contributed by atoms with E-state index in [0.717, 1.165) is 43.2 Å². The van der Waals surface area contributed by atoms with Gasteiger partial charge in [0.2, 0.25) is 5.95 Å². The van der Waals surface area contributed by atoms with Crippen molar-refractivity contribution >= 4 is 11.6 Å². The number of fused-ring (bicyclic) bond motifs is 1. The molecule has 0 saturated heterocycles. The number of anilines is 2. The molecule has 2 heterocycles. The minimum Gasteiger partial charge on any atom is -0.495 e. The second kappa shape index (κ2) is 7.54. The third-order valence-corrected chi connectivity index (χ3v) is 4.62. The zero-order chi connectivity index (χ0) is 17.8. The van der Waals surface area contributed by atoms with Crippen molar-refractivity contribution in [1.82, 2.24) is 14.9 Å². The van der Waals surface area contributed by atoms with Gasteiger partial charge in [-0.3, -0.25) is 4.90 Å². The molecule has 1 aliphatic rings. The summed E-state index contributed by atoms with van der Waals surface area (Å²) in [5, 5.41) is 3.26. The average molecular weight is 346 g/mol. The van der Waals surface area contributed by atoms with E-state index in [4.69, 9.17) is 9.72 Å². The molecule has 0 aliphatic carbocycles. The Bertz CT molecular complexity index is 882. The van der Waals surface area contributed by atoms with Crippen LogP contribution in [-0.4, -0.2) is 28.5 Å². The number of nitrogens with one attached hydrogen (secondary N) is 1. The Balaban J connectivity index is 1.47. The van der Waals surface area contributed by atoms with Crippen LogP contribution in [0.25, 0.3) is 0 Å². The summed E-state index contributed by atoms with van der Waals surface area (Å²) in [4.78, 5) is 11.7. The fourth-order valence-electron chi connectivity index (χ4n) is 3.28. The summed E-state index contributed by atoms with van der Waals surface area (Å²) in [6, 6.07) is 18.4. The molecule has 3 aromatic rings. The van der Waals surface area contributed by atoms with Crippen LogP contribution in [0, 0.1) is 0 Å². The fourth-order valence-corrected chi connectivity index (χ4v) is 3.28. The van der Waals surface area contributed by atoms with Crippen molar-refractivity contribution < 1.29 is 4.74 Å². The summed E-state index contributed by atoms with van der Waals surface area (Å²) >= 11 is 0. The molecule has 0 saturated carbocycles. The standard InChI is InChI=1S/C21H22N4O/c1-26-20-10-6-5-9-19(20)24-21-22-13-17-15-25(12-11-18(17)23-21)14-16-7-3-2-4-8-16/h2-10,13H,11-12,14-15H2,1H3,(H,22,23,24). The molecule has 0 bridgehead atoms. The van der Waals surface area contributed by atoms with Crippen molar-refractivity contribution in [1.29, 1.82) is 0 Å². The molecule has 0 amide bonds. The zero-order valence-corrected chi connectivity index (χ0v) is 14.9. The highest BCUT2D eigenvalue weighted by atomic mass is 16.5. The first-order chi connectivity index (χ1) is 12.8. The number of aromatic nitrogens is 2. The molecule has 132 valence electrons. The van der Waals surface area contributed by atoms with Crippen LogP contribution in [-0.2, 0) is 19.5 Å². The topological polar surface area (TPSA) is 50.3 Å². The molecule has 5 nitrogen and oxygen atoms in total. The Morgan fingerprint density at radius 1 is 1.08 bits per heavy atom. The number of rotatable bonds is 5. The van der Waals surface area contributed by atoms with Gasteiger partial charge in [0.15, 0.2) is 0 Å². The Hall–Kier alpha value is -2.92. The second-order valence-corrected chi connectivity index (χ2v) is 6.44. The molecule has 5 heteroatoms. The highest BCUT2D eigenvalue weighted by Crippen LogP contribution is 2.26. The molecular weight excluding hydrogens is 324 g/mol. The predicted molar refractivity (Wildman–Crippen MR) is 103 cm³/mol. The summed E-state index contributed by atoms with van der Waals surface area (Å²) in [6.07, 6.45) is 2.88. The number of nitrogens with zero attached hydrogens (tertiary/aromatic N) is 3. The van der Waals surface area contributed by atoms with Crippen LogP contribution in [0.3, 0.4) is 0 Å². The van der Waals surface area contributed by atoms with Crippen molar-refractivity contribution in [3.63, 3.8) is 0 Å². The molecule has 1 aliphatic heterocycles. The highest BCUT2D eigenvalue weighted by Gasteiger charge is 2.18. The van der Waals surface area contributed by atoms with Gasteiger partial charge in [0, 0.05) is 37.8 Å². The third-order valence-electron chi connectivity index (χ3n) is 4.62. The first kappa shape index (κ1) is 16.5. The van der Waals surface area contributed by atoms with Crippen LogP contribution in [0.4, 0.5) is 11.6 Å². The van der Waals surface area contributed by atoms with Crippen molar-refractivity contribution in [2.45, 2.75) is 19.5 Å². The van der Waals surface area contributed by atoms with E-state index in [1.165, 1.54) is 11.1 Å². The lowest BCUT2D eigenvalue weighted by molar-refractivity contribution is 0.243. The average Bonchev–Trinajstić information content (AvgIpc) is 2.69. The molecule has 26 heavy (non-hydrogen) atoms. The molecule has 4 rings (SSSR count). The maximum absolute atomic E-state index is 5.38. The van der Waals surface area contributed by atoms with Gasteiger partial charge in [-0.1, -0.05) is 42.5 Å². The molecule has 0 radical (unpaired) electrons. The molecule has 0 unspecified atom stereocenters. The summed E-state index contributed by atoms with van der Waals surface area (Å²) in [5.74, 6) is 1.40.